The van der Waals surface area contributed by atoms with Crippen molar-refractivity contribution in [3.63, 3.8) is 0 Å². The average molecular weight is 772 g/mol. The molecule has 1 heterocycles. The second-order valence-electron chi connectivity index (χ2n) is 13.8. The Balaban J connectivity index is 1.45. The zero-order chi connectivity index (χ0) is 40.5. The topological polar surface area (TPSA) is 213 Å². The molecule has 3 aromatic rings. The Hall–Kier alpha value is -5.93. The van der Waals surface area contributed by atoms with Crippen molar-refractivity contribution in [3.05, 3.63) is 108 Å². The van der Waals surface area contributed by atoms with Crippen LogP contribution in [0.3, 0.4) is 0 Å². The van der Waals surface area contributed by atoms with Crippen LogP contribution in [0.5, 0.6) is 0 Å². The Morgan fingerprint density at radius 2 is 1.18 bits per heavy atom. The quantitative estimate of drug-likeness (QED) is 0.0912. The standard InChI is InChI=1S/C41H49N5O10/c1-27(2)22-32(43-38(50)31(42)18-21-37(49)55-25-30-16-10-5-11-17-30)39(51)45-34(26-54-24-29-14-8-4-9-15-29)40(52)44-33(23-28-12-6-3-7-13-28)41(53)56-46-35(47)19-20-36(46)48/h3-17,27,31-34H,18-26,42H2,1-2H3,(H,43,50)(H,44,52)(H,45,51)/t31-,32+,33+,34+/m1/s1. The largest absolute Gasteiger partial charge is 0.461 e. The molecule has 298 valence electrons. The zero-order valence-electron chi connectivity index (χ0n) is 31.5. The van der Waals surface area contributed by atoms with Crippen LogP contribution in [0.1, 0.15) is 62.6 Å². The Morgan fingerprint density at radius 1 is 0.679 bits per heavy atom. The first-order chi connectivity index (χ1) is 26.9. The Labute approximate surface area is 325 Å². The number of imide groups is 1. The molecular weight excluding hydrogens is 722 g/mol. The molecule has 4 rings (SSSR count). The second kappa shape index (κ2) is 21.8. The third-order valence-corrected chi connectivity index (χ3v) is 8.68. The Morgan fingerprint density at radius 3 is 1.75 bits per heavy atom. The minimum atomic E-state index is -1.39. The van der Waals surface area contributed by atoms with Crippen LogP contribution in [-0.4, -0.2) is 77.3 Å². The van der Waals surface area contributed by atoms with E-state index in [9.17, 15) is 33.6 Å². The molecular formula is C41H49N5O10. The van der Waals surface area contributed by atoms with Crippen LogP contribution in [0.2, 0.25) is 0 Å². The summed E-state index contributed by atoms with van der Waals surface area (Å²) >= 11 is 0. The molecule has 1 saturated heterocycles. The fourth-order valence-corrected chi connectivity index (χ4v) is 5.65. The summed E-state index contributed by atoms with van der Waals surface area (Å²) in [6.07, 6.45) is -0.304. The lowest BCUT2D eigenvalue weighted by atomic mass is 10.0. The Kier molecular flexibility index (Phi) is 16.7. The molecule has 0 spiro atoms. The maximum Gasteiger partial charge on any atom is 0.355 e. The number of esters is 1. The van der Waals surface area contributed by atoms with E-state index in [1.807, 2.05) is 74.5 Å². The summed E-state index contributed by atoms with van der Waals surface area (Å²) in [5, 5.41) is 8.30. The molecule has 15 heteroatoms. The van der Waals surface area contributed by atoms with E-state index in [2.05, 4.69) is 16.0 Å². The Bertz CT molecular complexity index is 1780. The first-order valence-electron chi connectivity index (χ1n) is 18.5. The number of nitrogens with zero attached hydrogens (tertiary/aromatic N) is 1. The maximum atomic E-state index is 13.9. The van der Waals surface area contributed by atoms with E-state index in [1.165, 1.54) is 0 Å². The summed E-state index contributed by atoms with van der Waals surface area (Å²) in [7, 11) is 0. The number of hydrogen-bond acceptors (Lipinski definition) is 11. The molecule has 5 amide bonds. The number of ether oxygens (including phenoxy) is 2. The van der Waals surface area contributed by atoms with Crippen LogP contribution in [0.15, 0.2) is 91.0 Å². The lowest BCUT2D eigenvalue weighted by molar-refractivity contribution is -0.199. The molecule has 5 N–H and O–H groups in total. The lowest BCUT2D eigenvalue weighted by Gasteiger charge is -2.26. The number of carbonyl (C=O) groups excluding carboxylic acids is 7. The van der Waals surface area contributed by atoms with Gasteiger partial charge in [-0.3, -0.25) is 28.8 Å². The van der Waals surface area contributed by atoms with Crippen molar-refractivity contribution in [3.8, 4) is 0 Å². The van der Waals surface area contributed by atoms with Gasteiger partial charge in [0.05, 0.1) is 19.3 Å². The van der Waals surface area contributed by atoms with E-state index in [0.717, 1.165) is 11.1 Å². The summed E-state index contributed by atoms with van der Waals surface area (Å²) in [6.45, 7) is 3.52. The molecule has 1 fully saturated rings. The molecule has 0 unspecified atom stereocenters. The van der Waals surface area contributed by atoms with Gasteiger partial charge < -0.3 is 36.0 Å². The number of carbonyl (C=O) groups is 7. The van der Waals surface area contributed by atoms with Gasteiger partial charge in [0.25, 0.3) is 11.8 Å². The summed E-state index contributed by atoms with van der Waals surface area (Å²) in [4.78, 5) is 96.3. The summed E-state index contributed by atoms with van der Waals surface area (Å²) in [6, 6.07) is 21.9. The molecule has 0 saturated carbocycles. The maximum absolute atomic E-state index is 13.9. The van der Waals surface area contributed by atoms with Crippen molar-refractivity contribution in [2.75, 3.05) is 6.61 Å². The van der Waals surface area contributed by atoms with Crippen LogP contribution in [0, 0.1) is 5.92 Å². The van der Waals surface area contributed by atoms with Crippen LogP contribution in [0.25, 0.3) is 0 Å². The van der Waals surface area contributed by atoms with E-state index in [0.29, 0.717) is 10.6 Å². The third kappa shape index (κ3) is 14.0. The van der Waals surface area contributed by atoms with Gasteiger partial charge in [-0.1, -0.05) is 105 Å². The predicted octanol–water partition coefficient (Wildman–Crippen LogP) is 2.40. The number of amides is 5. The van der Waals surface area contributed by atoms with Crippen LogP contribution in [-0.2, 0) is 67.5 Å². The number of hydrogen-bond donors (Lipinski definition) is 4. The minimum Gasteiger partial charge on any atom is -0.461 e. The molecule has 56 heavy (non-hydrogen) atoms. The smallest absolute Gasteiger partial charge is 0.355 e. The van der Waals surface area contributed by atoms with E-state index >= 15 is 0 Å². The van der Waals surface area contributed by atoms with Gasteiger partial charge in [-0.25, -0.2) is 4.79 Å². The second-order valence-corrected chi connectivity index (χ2v) is 13.8. The fraction of sp³-hybridized carbons (Fsp3) is 0.390. The van der Waals surface area contributed by atoms with E-state index in [-0.39, 0.29) is 64.3 Å². The number of hydroxylamine groups is 2. The zero-order valence-corrected chi connectivity index (χ0v) is 31.5. The number of benzene rings is 3. The van der Waals surface area contributed by atoms with Crippen LogP contribution in [0.4, 0.5) is 0 Å². The summed E-state index contributed by atoms with van der Waals surface area (Å²) in [5.74, 6) is -5.29. The van der Waals surface area contributed by atoms with Gasteiger partial charge in [0.15, 0.2) is 0 Å². The highest BCUT2D eigenvalue weighted by atomic mass is 16.7. The molecule has 1 aliphatic rings. The molecule has 0 aliphatic carbocycles. The van der Waals surface area contributed by atoms with Gasteiger partial charge in [0.1, 0.15) is 24.7 Å². The van der Waals surface area contributed by atoms with Crippen molar-refractivity contribution in [1.82, 2.24) is 21.0 Å². The molecule has 0 aromatic heterocycles. The highest BCUT2D eigenvalue weighted by molar-refractivity contribution is 6.02. The number of nitrogens with one attached hydrogen (secondary N) is 3. The normalized spacial score (nSPS) is 14.7. The SMILES string of the molecule is CC(C)C[C@H](NC(=O)[C@H](N)CCC(=O)OCc1ccccc1)C(=O)N[C@@H](COCc1ccccc1)C(=O)N[C@@H](Cc1ccccc1)C(=O)ON1C(=O)CCC1=O. The fourth-order valence-electron chi connectivity index (χ4n) is 5.65. The van der Waals surface area contributed by atoms with Gasteiger partial charge in [0, 0.05) is 25.7 Å². The molecule has 3 aromatic carbocycles. The van der Waals surface area contributed by atoms with Crippen molar-refractivity contribution in [2.24, 2.45) is 11.7 Å². The van der Waals surface area contributed by atoms with E-state index < -0.39 is 65.6 Å². The number of nitrogens with two attached hydrogens (primary N) is 1. The van der Waals surface area contributed by atoms with Crippen LogP contribution >= 0.6 is 0 Å². The summed E-state index contributed by atoms with van der Waals surface area (Å²) in [5.41, 5.74) is 8.36. The minimum absolute atomic E-state index is 0.0403. The predicted molar refractivity (Wildman–Crippen MR) is 202 cm³/mol. The molecule has 1 aliphatic heterocycles. The van der Waals surface area contributed by atoms with E-state index in [4.69, 9.17) is 20.0 Å². The van der Waals surface area contributed by atoms with Gasteiger partial charge in [-0.05, 0) is 35.4 Å². The van der Waals surface area contributed by atoms with Crippen molar-refractivity contribution >= 4 is 41.5 Å². The highest BCUT2D eigenvalue weighted by Crippen LogP contribution is 2.15. The first-order valence-corrected chi connectivity index (χ1v) is 18.5. The monoisotopic (exact) mass is 771 g/mol. The summed E-state index contributed by atoms with van der Waals surface area (Å²) < 4.78 is 11.1. The molecule has 15 nitrogen and oxygen atoms in total. The van der Waals surface area contributed by atoms with Gasteiger partial charge in [0.2, 0.25) is 17.7 Å². The molecule has 0 radical (unpaired) electrons. The van der Waals surface area contributed by atoms with Crippen molar-refractivity contribution in [2.45, 2.75) is 89.8 Å². The lowest BCUT2D eigenvalue weighted by Crippen LogP contribution is -2.59. The van der Waals surface area contributed by atoms with Crippen molar-refractivity contribution < 1.29 is 47.9 Å². The molecule has 0 bridgehead atoms. The number of rotatable bonds is 21. The molecule has 4 atom stereocenters. The van der Waals surface area contributed by atoms with Crippen molar-refractivity contribution in [1.29, 1.82) is 0 Å². The third-order valence-electron chi connectivity index (χ3n) is 8.68. The van der Waals surface area contributed by atoms with E-state index in [1.54, 1.807) is 30.3 Å². The van der Waals surface area contributed by atoms with Gasteiger partial charge in [-0.15, -0.1) is 5.06 Å². The van der Waals surface area contributed by atoms with Gasteiger partial charge >= 0.3 is 11.9 Å². The first kappa shape index (κ1) is 42.8. The van der Waals surface area contributed by atoms with Crippen LogP contribution < -0.4 is 21.7 Å². The highest BCUT2D eigenvalue weighted by Gasteiger charge is 2.37. The average Bonchev–Trinajstić information content (AvgIpc) is 3.51. The van der Waals surface area contributed by atoms with Gasteiger partial charge in [-0.2, -0.15) is 0 Å².